The predicted molar refractivity (Wildman–Crippen MR) is 96.6 cm³/mol. The van der Waals surface area contributed by atoms with E-state index in [9.17, 15) is 13.5 Å². The van der Waals surface area contributed by atoms with Crippen molar-refractivity contribution in [2.24, 2.45) is 0 Å². The molecule has 130 valence electrons. The number of sulfonamides is 1. The Morgan fingerprint density at radius 2 is 1.75 bits per heavy atom. The van der Waals surface area contributed by atoms with Crippen LogP contribution in [0.25, 0.3) is 0 Å². The van der Waals surface area contributed by atoms with E-state index in [0.717, 1.165) is 18.4 Å². The smallest absolute Gasteiger partial charge is 0.242 e. The Kier molecular flexibility index (Phi) is 5.67. The van der Waals surface area contributed by atoms with Gasteiger partial charge in [0.2, 0.25) is 10.0 Å². The largest absolute Gasteiger partial charge is 0.508 e. The van der Waals surface area contributed by atoms with Crippen LogP contribution in [0.2, 0.25) is 0 Å². The third kappa shape index (κ3) is 3.97. The van der Waals surface area contributed by atoms with Crippen LogP contribution in [0, 0.1) is 0 Å². The van der Waals surface area contributed by atoms with Crippen LogP contribution in [0.3, 0.4) is 0 Å². The third-order valence-corrected chi connectivity index (χ3v) is 6.19. The Bertz CT molecular complexity index is 774. The fraction of sp³-hybridized carbons (Fsp3) is 0.368. The Morgan fingerprint density at radius 3 is 2.33 bits per heavy atom. The number of hydrogen-bond donors (Lipinski definition) is 1. The molecule has 0 saturated heterocycles. The summed E-state index contributed by atoms with van der Waals surface area (Å²) in [6, 6.07) is 15.5. The maximum atomic E-state index is 12.8. The third-order valence-electron chi connectivity index (χ3n) is 4.37. The van der Waals surface area contributed by atoms with Gasteiger partial charge in [-0.3, -0.25) is 0 Å². The summed E-state index contributed by atoms with van der Waals surface area (Å²) >= 11 is 0. The van der Waals surface area contributed by atoms with Gasteiger partial charge >= 0.3 is 0 Å². The van der Waals surface area contributed by atoms with Crippen LogP contribution in [0.4, 0.5) is 0 Å². The van der Waals surface area contributed by atoms with Crippen molar-refractivity contribution < 1.29 is 13.5 Å². The average molecular weight is 347 g/mol. The van der Waals surface area contributed by atoms with Crippen LogP contribution in [0.1, 0.15) is 32.3 Å². The summed E-state index contributed by atoms with van der Waals surface area (Å²) in [5.41, 5.74) is 0.573. The number of nitrogens with zero attached hydrogens (tertiary/aromatic N) is 1. The summed E-state index contributed by atoms with van der Waals surface area (Å²) in [6.45, 7) is 4.47. The van der Waals surface area contributed by atoms with Crippen LogP contribution < -0.4 is 0 Å². The fourth-order valence-electron chi connectivity index (χ4n) is 3.10. The maximum absolute atomic E-state index is 12.8. The molecule has 0 fully saturated rings. The molecule has 2 rings (SSSR count). The van der Waals surface area contributed by atoms with Crippen molar-refractivity contribution in [1.82, 2.24) is 4.31 Å². The molecule has 0 heterocycles. The minimum atomic E-state index is -3.54. The van der Waals surface area contributed by atoms with Gasteiger partial charge < -0.3 is 5.11 Å². The molecule has 0 spiro atoms. The van der Waals surface area contributed by atoms with Crippen LogP contribution in [0.5, 0.6) is 5.75 Å². The number of aromatic hydroxyl groups is 1. The van der Waals surface area contributed by atoms with E-state index in [1.54, 1.807) is 55.6 Å². The van der Waals surface area contributed by atoms with E-state index in [-0.39, 0.29) is 11.2 Å². The minimum Gasteiger partial charge on any atom is -0.508 e. The first kappa shape index (κ1) is 18.5. The van der Waals surface area contributed by atoms with Crippen molar-refractivity contribution >= 4 is 10.0 Å². The van der Waals surface area contributed by atoms with E-state index in [2.05, 4.69) is 6.92 Å². The summed E-state index contributed by atoms with van der Waals surface area (Å²) in [5, 5.41) is 9.78. The van der Waals surface area contributed by atoms with Gasteiger partial charge in [-0.1, -0.05) is 50.6 Å². The molecule has 0 bridgehead atoms. The predicted octanol–water partition coefficient (Wildman–Crippen LogP) is 3.77. The molecule has 24 heavy (non-hydrogen) atoms. The first-order valence-electron chi connectivity index (χ1n) is 8.10. The highest BCUT2D eigenvalue weighted by Crippen LogP contribution is 2.33. The molecule has 1 atom stereocenters. The lowest BCUT2D eigenvalue weighted by molar-refractivity contribution is 0.328. The number of likely N-dealkylation sites (N-methyl/N-ethyl adjacent to an activating group) is 1. The highest BCUT2D eigenvalue weighted by atomic mass is 32.2. The number of rotatable bonds is 7. The van der Waals surface area contributed by atoms with Gasteiger partial charge in [-0.15, -0.1) is 0 Å². The van der Waals surface area contributed by atoms with E-state index < -0.39 is 10.0 Å². The SMILES string of the molecule is CCCC(C)(CN(C)S(=O)(=O)c1ccccc1)c1cccc(O)c1. The second kappa shape index (κ2) is 7.36. The standard InChI is InChI=1S/C19H25NO3S/c1-4-13-19(2,16-9-8-10-17(21)14-16)15-20(3)24(22,23)18-11-6-5-7-12-18/h5-12,14,21H,4,13,15H2,1-3H3. The highest BCUT2D eigenvalue weighted by molar-refractivity contribution is 7.89. The average Bonchev–Trinajstić information content (AvgIpc) is 2.55. The molecule has 0 amide bonds. The zero-order chi connectivity index (χ0) is 17.8. The molecule has 4 nitrogen and oxygen atoms in total. The van der Waals surface area contributed by atoms with Crippen LogP contribution in [0.15, 0.2) is 59.5 Å². The van der Waals surface area contributed by atoms with Gasteiger partial charge in [0.15, 0.2) is 0 Å². The van der Waals surface area contributed by atoms with Crippen molar-refractivity contribution in [3.63, 3.8) is 0 Å². The van der Waals surface area contributed by atoms with Gasteiger partial charge in [0.05, 0.1) is 4.90 Å². The molecular weight excluding hydrogens is 322 g/mol. The van der Waals surface area contributed by atoms with E-state index >= 15 is 0 Å². The van der Waals surface area contributed by atoms with Crippen molar-refractivity contribution in [3.05, 3.63) is 60.2 Å². The molecule has 2 aromatic rings. The molecule has 0 radical (unpaired) electrons. The first-order chi connectivity index (χ1) is 11.3. The lowest BCUT2D eigenvalue weighted by Crippen LogP contribution is -2.40. The Morgan fingerprint density at radius 1 is 1.08 bits per heavy atom. The normalized spacial score (nSPS) is 14.5. The van der Waals surface area contributed by atoms with Gasteiger partial charge in [-0.05, 0) is 36.2 Å². The molecule has 1 N–H and O–H groups in total. The summed E-state index contributed by atoms with van der Waals surface area (Å²) in [5.74, 6) is 0.198. The van der Waals surface area contributed by atoms with E-state index in [4.69, 9.17) is 0 Å². The molecule has 0 aliphatic rings. The van der Waals surface area contributed by atoms with E-state index in [0.29, 0.717) is 11.4 Å². The Balaban J connectivity index is 2.33. The minimum absolute atomic E-state index is 0.198. The monoisotopic (exact) mass is 347 g/mol. The van der Waals surface area contributed by atoms with Gasteiger partial charge in [0.25, 0.3) is 0 Å². The molecule has 0 saturated carbocycles. The number of benzene rings is 2. The molecule has 2 aromatic carbocycles. The fourth-order valence-corrected chi connectivity index (χ4v) is 4.41. The number of phenolic OH excluding ortho intramolecular Hbond substituents is 1. The molecule has 0 aliphatic carbocycles. The van der Waals surface area contributed by atoms with Gasteiger partial charge in [0, 0.05) is 19.0 Å². The van der Waals surface area contributed by atoms with Crippen molar-refractivity contribution in [3.8, 4) is 5.75 Å². The number of hydrogen-bond acceptors (Lipinski definition) is 3. The maximum Gasteiger partial charge on any atom is 0.242 e. The zero-order valence-corrected chi connectivity index (χ0v) is 15.3. The lowest BCUT2D eigenvalue weighted by Gasteiger charge is -2.34. The molecule has 5 heteroatoms. The van der Waals surface area contributed by atoms with Crippen molar-refractivity contribution in [1.29, 1.82) is 0 Å². The van der Waals surface area contributed by atoms with Crippen molar-refractivity contribution in [2.45, 2.75) is 37.0 Å². The van der Waals surface area contributed by atoms with Crippen LogP contribution in [-0.4, -0.2) is 31.4 Å². The summed E-state index contributed by atoms with van der Waals surface area (Å²) in [6.07, 6.45) is 1.75. The number of phenols is 1. The van der Waals surface area contributed by atoms with Crippen molar-refractivity contribution in [2.75, 3.05) is 13.6 Å². The molecular formula is C19H25NO3S. The second-order valence-corrected chi connectivity index (χ2v) is 8.48. The van der Waals surface area contributed by atoms with Gasteiger partial charge in [-0.2, -0.15) is 0 Å². The zero-order valence-electron chi connectivity index (χ0n) is 14.4. The molecule has 0 aromatic heterocycles. The molecule has 1 unspecified atom stereocenters. The van der Waals surface area contributed by atoms with Gasteiger partial charge in [-0.25, -0.2) is 12.7 Å². The molecule has 0 aliphatic heterocycles. The highest BCUT2D eigenvalue weighted by Gasteiger charge is 2.32. The lowest BCUT2D eigenvalue weighted by atomic mass is 9.78. The first-order valence-corrected chi connectivity index (χ1v) is 9.54. The Hall–Kier alpha value is -1.85. The van der Waals surface area contributed by atoms with Crippen LogP contribution >= 0.6 is 0 Å². The van der Waals surface area contributed by atoms with Crippen LogP contribution in [-0.2, 0) is 15.4 Å². The summed E-state index contributed by atoms with van der Waals surface area (Å²) < 4.78 is 27.0. The van der Waals surface area contributed by atoms with E-state index in [1.807, 2.05) is 13.0 Å². The quantitative estimate of drug-likeness (QED) is 0.829. The van der Waals surface area contributed by atoms with Gasteiger partial charge in [0.1, 0.15) is 5.75 Å². The van der Waals surface area contributed by atoms with E-state index in [1.165, 1.54) is 4.31 Å². The second-order valence-electron chi connectivity index (χ2n) is 6.44. The topological polar surface area (TPSA) is 57.6 Å². The summed E-state index contributed by atoms with van der Waals surface area (Å²) in [4.78, 5) is 0.294. The Labute approximate surface area is 144 Å². The summed E-state index contributed by atoms with van der Waals surface area (Å²) in [7, 11) is -1.93.